The molecule has 1 saturated carbocycles. The van der Waals surface area contributed by atoms with Gasteiger partial charge in [-0.1, -0.05) is 43.5 Å². The summed E-state index contributed by atoms with van der Waals surface area (Å²) in [6, 6.07) is 8.32. The van der Waals surface area contributed by atoms with E-state index in [1.54, 1.807) is 0 Å². The van der Waals surface area contributed by atoms with Crippen molar-refractivity contribution in [1.82, 2.24) is 5.32 Å². The summed E-state index contributed by atoms with van der Waals surface area (Å²) in [5.74, 6) is 0.0801. The maximum atomic E-state index is 11.6. The van der Waals surface area contributed by atoms with Crippen LogP contribution < -0.4 is 5.32 Å². The number of nitrogens with one attached hydrogen (secondary N) is 1. The van der Waals surface area contributed by atoms with E-state index in [2.05, 4.69) is 17.4 Å². The van der Waals surface area contributed by atoms with Crippen LogP contribution in [0, 0.1) is 0 Å². The first-order valence-corrected chi connectivity index (χ1v) is 7.17. The zero-order valence-corrected chi connectivity index (χ0v) is 11.0. The zero-order valence-electron chi connectivity index (χ0n) is 11.0. The highest BCUT2D eigenvalue weighted by Crippen LogP contribution is 2.33. The van der Waals surface area contributed by atoms with Crippen LogP contribution in [0.4, 0.5) is 0 Å². The second kappa shape index (κ2) is 5.16. The van der Waals surface area contributed by atoms with Gasteiger partial charge in [0, 0.05) is 6.42 Å². The molecule has 1 N–H and O–H groups in total. The van der Waals surface area contributed by atoms with Gasteiger partial charge in [-0.25, -0.2) is 0 Å². The van der Waals surface area contributed by atoms with Crippen LogP contribution in [-0.2, 0) is 9.59 Å². The lowest BCUT2D eigenvalue weighted by Crippen LogP contribution is -2.21. The molecular weight excluding hydrogens is 238 g/mol. The third kappa shape index (κ3) is 2.55. The molecule has 2 fully saturated rings. The molecule has 2 aliphatic rings. The van der Waals surface area contributed by atoms with E-state index in [1.165, 1.54) is 37.7 Å². The van der Waals surface area contributed by atoms with Crippen LogP contribution in [0.5, 0.6) is 0 Å². The van der Waals surface area contributed by atoms with Gasteiger partial charge in [-0.3, -0.25) is 14.9 Å². The van der Waals surface area contributed by atoms with Crippen LogP contribution in [0.25, 0.3) is 0 Å². The van der Waals surface area contributed by atoms with Crippen LogP contribution in [0.3, 0.4) is 0 Å². The van der Waals surface area contributed by atoms with Crippen molar-refractivity contribution < 1.29 is 9.59 Å². The lowest BCUT2D eigenvalue weighted by molar-refractivity contribution is -0.125. The Hall–Kier alpha value is -1.64. The number of hydrogen-bond donors (Lipinski definition) is 1. The molecule has 1 saturated heterocycles. The minimum absolute atomic E-state index is 0.157. The van der Waals surface area contributed by atoms with Crippen LogP contribution >= 0.6 is 0 Å². The average molecular weight is 257 g/mol. The van der Waals surface area contributed by atoms with Gasteiger partial charge in [0.1, 0.15) is 0 Å². The monoisotopic (exact) mass is 257 g/mol. The van der Waals surface area contributed by atoms with Crippen molar-refractivity contribution in [3.63, 3.8) is 0 Å². The first-order valence-electron chi connectivity index (χ1n) is 7.17. The van der Waals surface area contributed by atoms with Crippen LogP contribution in [-0.4, -0.2) is 11.8 Å². The molecule has 1 atom stereocenters. The molecule has 0 aromatic heterocycles. The number of rotatable bonds is 2. The van der Waals surface area contributed by atoms with Gasteiger partial charge in [0.25, 0.3) is 0 Å². The average Bonchev–Trinajstić information content (AvgIpc) is 2.79. The van der Waals surface area contributed by atoms with Gasteiger partial charge in [0.05, 0.1) is 5.92 Å². The summed E-state index contributed by atoms with van der Waals surface area (Å²) in [7, 11) is 0. The molecule has 1 heterocycles. The first kappa shape index (κ1) is 12.4. The molecule has 19 heavy (non-hydrogen) atoms. The number of carbonyl (C=O) groups excluding carboxylic acids is 2. The van der Waals surface area contributed by atoms with E-state index in [4.69, 9.17) is 0 Å². The molecule has 3 nitrogen and oxygen atoms in total. The van der Waals surface area contributed by atoms with Gasteiger partial charge >= 0.3 is 0 Å². The molecule has 1 aromatic rings. The van der Waals surface area contributed by atoms with E-state index in [0.29, 0.717) is 12.3 Å². The largest absolute Gasteiger partial charge is 0.296 e. The molecule has 0 bridgehead atoms. The molecular formula is C16H19NO2. The maximum absolute atomic E-state index is 11.6. The third-order valence-corrected chi connectivity index (χ3v) is 4.38. The molecule has 1 aromatic carbocycles. The van der Waals surface area contributed by atoms with E-state index in [-0.39, 0.29) is 17.7 Å². The predicted octanol–water partition coefficient (Wildman–Crippen LogP) is 2.86. The molecule has 0 radical (unpaired) electrons. The Morgan fingerprint density at radius 1 is 0.895 bits per heavy atom. The van der Waals surface area contributed by atoms with E-state index < -0.39 is 0 Å². The highest BCUT2D eigenvalue weighted by molar-refractivity contribution is 6.06. The van der Waals surface area contributed by atoms with Crippen molar-refractivity contribution in [3.8, 4) is 0 Å². The summed E-state index contributed by atoms with van der Waals surface area (Å²) in [6.07, 6.45) is 6.86. The number of benzene rings is 1. The fourth-order valence-corrected chi connectivity index (χ4v) is 3.26. The molecule has 0 spiro atoms. The van der Waals surface area contributed by atoms with Gasteiger partial charge in [-0.2, -0.15) is 0 Å². The lowest BCUT2D eigenvalue weighted by Gasteiger charge is -2.22. The van der Waals surface area contributed by atoms with E-state index in [9.17, 15) is 9.59 Å². The van der Waals surface area contributed by atoms with Crippen LogP contribution in [0.1, 0.15) is 61.5 Å². The normalized spacial score (nSPS) is 24.5. The quantitative estimate of drug-likeness (QED) is 0.828. The highest BCUT2D eigenvalue weighted by Gasteiger charge is 2.31. The van der Waals surface area contributed by atoms with Gasteiger partial charge in [-0.05, 0) is 29.9 Å². The zero-order chi connectivity index (χ0) is 13.2. The second-order valence-corrected chi connectivity index (χ2v) is 5.67. The summed E-state index contributed by atoms with van der Waals surface area (Å²) in [6.45, 7) is 0. The lowest BCUT2D eigenvalue weighted by atomic mass is 9.83. The SMILES string of the molecule is O=C1CC(c2ccc(C3CCCCC3)cc2)C(=O)N1. The summed E-state index contributed by atoms with van der Waals surface area (Å²) in [5, 5.41) is 2.37. The van der Waals surface area contributed by atoms with E-state index in [0.717, 1.165) is 5.56 Å². The standard InChI is InChI=1S/C16H19NO2/c18-15-10-14(16(19)17-15)13-8-6-12(7-9-13)11-4-2-1-3-5-11/h6-9,11,14H,1-5,10H2,(H,17,18,19). The fraction of sp³-hybridized carbons (Fsp3) is 0.500. The van der Waals surface area contributed by atoms with Crippen molar-refractivity contribution >= 4 is 11.8 Å². The van der Waals surface area contributed by atoms with Crippen LogP contribution in [0.2, 0.25) is 0 Å². The second-order valence-electron chi connectivity index (χ2n) is 5.67. The van der Waals surface area contributed by atoms with Crippen molar-refractivity contribution in [2.75, 3.05) is 0 Å². The molecule has 2 amide bonds. The molecule has 1 aliphatic heterocycles. The maximum Gasteiger partial charge on any atom is 0.234 e. The smallest absolute Gasteiger partial charge is 0.234 e. The summed E-state index contributed by atoms with van der Waals surface area (Å²) < 4.78 is 0. The number of amides is 2. The van der Waals surface area contributed by atoms with E-state index in [1.807, 2.05) is 12.1 Å². The highest BCUT2D eigenvalue weighted by atomic mass is 16.2. The number of hydrogen-bond acceptors (Lipinski definition) is 2. The van der Waals surface area contributed by atoms with Crippen molar-refractivity contribution in [3.05, 3.63) is 35.4 Å². The predicted molar refractivity (Wildman–Crippen MR) is 72.8 cm³/mol. The fourth-order valence-electron chi connectivity index (χ4n) is 3.26. The number of imide groups is 1. The van der Waals surface area contributed by atoms with Crippen LogP contribution in [0.15, 0.2) is 24.3 Å². The Morgan fingerprint density at radius 3 is 2.11 bits per heavy atom. The minimum atomic E-state index is -0.284. The molecule has 1 unspecified atom stereocenters. The Balaban J connectivity index is 1.75. The number of carbonyl (C=O) groups is 2. The first-order chi connectivity index (χ1) is 9.24. The van der Waals surface area contributed by atoms with Crippen molar-refractivity contribution in [1.29, 1.82) is 0 Å². The molecule has 100 valence electrons. The van der Waals surface area contributed by atoms with Gasteiger partial charge in [0.2, 0.25) is 11.8 Å². The minimum Gasteiger partial charge on any atom is -0.296 e. The summed E-state index contributed by atoms with van der Waals surface area (Å²) >= 11 is 0. The van der Waals surface area contributed by atoms with Gasteiger partial charge in [-0.15, -0.1) is 0 Å². The molecule has 3 heteroatoms. The van der Waals surface area contributed by atoms with E-state index >= 15 is 0 Å². The summed E-state index contributed by atoms with van der Waals surface area (Å²) in [5.41, 5.74) is 2.34. The van der Waals surface area contributed by atoms with Crippen molar-refractivity contribution in [2.24, 2.45) is 0 Å². The molecule has 3 rings (SSSR count). The Bertz CT molecular complexity index is 486. The Labute approximate surface area is 113 Å². The molecule has 1 aliphatic carbocycles. The van der Waals surface area contributed by atoms with Crippen molar-refractivity contribution in [2.45, 2.75) is 50.4 Å². The summed E-state index contributed by atoms with van der Waals surface area (Å²) in [4.78, 5) is 22.9. The Morgan fingerprint density at radius 2 is 1.53 bits per heavy atom. The van der Waals surface area contributed by atoms with Gasteiger partial charge in [0.15, 0.2) is 0 Å². The third-order valence-electron chi connectivity index (χ3n) is 4.38. The van der Waals surface area contributed by atoms with Gasteiger partial charge < -0.3 is 0 Å². The Kier molecular flexibility index (Phi) is 3.36. The topological polar surface area (TPSA) is 46.2 Å².